The highest BCUT2D eigenvalue weighted by Crippen LogP contribution is 2.28. The molecular formula is C12H7Cl2F2NO2S. The van der Waals surface area contributed by atoms with Crippen LogP contribution < -0.4 is 4.72 Å². The summed E-state index contributed by atoms with van der Waals surface area (Å²) in [5.74, 6) is -2.00. The molecule has 0 atom stereocenters. The van der Waals surface area contributed by atoms with Crippen LogP contribution in [0.25, 0.3) is 0 Å². The van der Waals surface area contributed by atoms with Crippen molar-refractivity contribution in [2.45, 2.75) is 4.90 Å². The van der Waals surface area contributed by atoms with Gasteiger partial charge in [0.25, 0.3) is 10.0 Å². The van der Waals surface area contributed by atoms with Gasteiger partial charge in [0.15, 0.2) is 0 Å². The van der Waals surface area contributed by atoms with Gasteiger partial charge < -0.3 is 0 Å². The SMILES string of the molecule is O=S(=O)(Nc1cc(Cl)ccc1Cl)c1cc(F)cc(F)c1. The van der Waals surface area contributed by atoms with Gasteiger partial charge in [-0.3, -0.25) is 4.72 Å². The minimum atomic E-state index is -4.17. The summed E-state index contributed by atoms with van der Waals surface area (Å²) >= 11 is 11.5. The summed E-state index contributed by atoms with van der Waals surface area (Å²) in [5, 5.41) is 0.368. The van der Waals surface area contributed by atoms with E-state index in [0.717, 1.165) is 0 Å². The second kappa shape index (κ2) is 5.55. The largest absolute Gasteiger partial charge is 0.278 e. The number of hydrogen-bond acceptors (Lipinski definition) is 2. The molecule has 0 fully saturated rings. The highest BCUT2D eigenvalue weighted by molar-refractivity contribution is 7.92. The number of sulfonamides is 1. The summed E-state index contributed by atoms with van der Waals surface area (Å²) in [6.07, 6.45) is 0. The number of hydrogen-bond donors (Lipinski definition) is 1. The number of anilines is 1. The Hall–Kier alpha value is -1.37. The van der Waals surface area contributed by atoms with E-state index in [0.29, 0.717) is 18.2 Å². The third-order valence-corrected chi connectivity index (χ3v) is 4.23. The van der Waals surface area contributed by atoms with Crippen molar-refractivity contribution >= 4 is 38.9 Å². The summed E-state index contributed by atoms with van der Waals surface area (Å²) < 4.78 is 52.3. The minimum absolute atomic E-state index is 0.0174. The van der Waals surface area contributed by atoms with Crippen molar-refractivity contribution in [2.24, 2.45) is 0 Å². The average Bonchev–Trinajstić information content (AvgIpc) is 2.32. The molecule has 0 aliphatic heterocycles. The van der Waals surface area contributed by atoms with Crippen LogP contribution in [0.15, 0.2) is 41.3 Å². The molecule has 0 unspecified atom stereocenters. The van der Waals surface area contributed by atoms with Gasteiger partial charge >= 0.3 is 0 Å². The molecule has 2 rings (SSSR count). The van der Waals surface area contributed by atoms with E-state index >= 15 is 0 Å². The van der Waals surface area contributed by atoms with E-state index in [1.54, 1.807) is 0 Å². The van der Waals surface area contributed by atoms with Crippen molar-refractivity contribution < 1.29 is 17.2 Å². The lowest BCUT2D eigenvalue weighted by Gasteiger charge is -2.10. The van der Waals surface area contributed by atoms with E-state index in [2.05, 4.69) is 4.72 Å². The predicted molar refractivity (Wildman–Crippen MR) is 73.6 cm³/mol. The Morgan fingerprint density at radius 2 is 1.55 bits per heavy atom. The van der Waals surface area contributed by atoms with Crippen LogP contribution in [0.4, 0.5) is 14.5 Å². The molecule has 0 saturated heterocycles. The summed E-state index contributed by atoms with van der Waals surface area (Å²) in [4.78, 5) is -0.550. The first-order valence-corrected chi connectivity index (χ1v) is 7.46. The molecule has 0 bridgehead atoms. The van der Waals surface area contributed by atoms with Crippen LogP contribution in [0.2, 0.25) is 10.0 Å². The van der Waals surface area contributed by atoms with E-state index in [-0.39, 0.29) is 15.7 Å². The zero-order valence-corrected chi connectivity index (χ0v) is 12.0. The Morgan fingerprint density at radius 3 is 2.15 bits per heavy atom. The molecule has 20 heavy (non-hydrogen) atoms. The van der Waals surface area contributed by atoms with Gasteiger partial charge in [0.1, 0.15) is 11.6 Å². The number of nitrogens with one attached hydrogen (secondary N) is 1. The summed E-state index contributed by atoms with van der Waals surface area (Å²) in [6.45, 7) is 0. The van der Waals surface area contributed by atoms with Gasteiger partial charge in [0.05, 0.1) is 15.6 Å². The van der Waals surface area contributed by atoms with Crippen molar-refractivity contribution in [3.05, 3.63) is 58.1 Å². The van der Waals surface area contributed by atoms with Gasteiger partial charge in [-0.2, -0.15) is 0 Å². The normalized spacial score (nSPS) is 11.4. The van der Waals surface area contributed by atoms with Crippen LogP contribution in [0.1, 0.15) is 0 Å². The van der Waals surface area contributed by atoms with Crippen LogP contribution in [0.5, 0.6) is 0 Å². The van der Waals surface area contributed by atoms with Gasteiger partial charge in [0, 0.05) is 11.1 Å². The highest BCUT2D eigenvalue weighted by atomic mass is 35.5. The highest BCUT2D eigenvalue weighted by Gasteiger charge is 2.18. The standard InChI is InChI=1S/C12H7Cl2F2NO2S/c13-7-1-2-11(14)12(3-7)17-20(18,19)10-5-8(15)4-9(16)6-10/h1-6,17H. The smallest absolute Gasteiger partial charge is 0.262 e. The first kappa shape index (κ1) is 15.0. The summed E-state index contributed by atoms with van der Waals surface area (Å²) in [5.41, 5.74) is 0.0174. The maximum Gasteiger partial charge on any atom is 0.262 e. The van der Waals surface area contributed by atoms with Gasteiger partial charge in [-0.25, -0.2) is 17.2 Å². The second-order valence-electron chi connectivity index (χ2n) is 3.83. The molecule has 0 spiro atoms. The fourth-order valence-corrected chi connectivity index (χ4v) is 2.97. The fourth-order valence-electron chi connectivity index (χ4n) is 1.46. The lowest BCUT2D eigenvalue weighted by molar-refractivity contribution is 0.568. The molecule has 0 heterocycles. The molecule has 8 heteroatoms. The van der Waals surface area contributed by atoms with Gasteiger partial charge in [-0.05, 0) is 30.3 Å². The molecule has 2 aromatic rings. The summed E-state index contributed by atoms with van der Waals surface area (Å²) in [7, 11) is -4.17. The molecule has 0 saturated carbocycles. The molecule has 0 radical (unpaired) electrons. The fraction of sp³-hybridized carbons (Fsp3) is 0. The Kier molecular flexibility index (Phi) is 4.17. The molecular weight excluding hydrogens is 331 g/mol. The lowest BCUT2D eigenvalue weighted by atomic mass is 10.3. The van der Waals surface area contributed by atoms with Crippen molar-refractivity contribution in [1.82, 2.24) is 0 Å². The topological polar surface area (TPSA) is 46.2 Å². The zero-order chi connectivity index (χ0) is 14.9. The average molecular weight is 338 g/mol. The minimum Gasteiger partial charge on any atom is -0.278 e. The molecule has 0 aromatic heterocycles. The van der Waals surface area contributed by atoms with Crippen LogP contribution in [-0.4, -0.2) is 8.42 Å². The molecule has 1 N–H and O–H groups in total. The second-order valence-corrected chi connectivity index (χ2v) is 6.36. The van der Waals surface area contributed by atoms with E-state index in [4.69, 9.17) is 23.2 Å². The van der Waals surface area contributed by atoms with Crippen molar-refractivity contribution in [1.29, 1.82) is 0 Å². The van der Waals surface area contributed by atoms with E-state index in [1.165, 1.54) is 18.2 Å². The van der Waals surface area contributed by atoms with Crippen molar-refractivity contribution in [2.75, 3.05) is 4.72 Å². The van der Waals surface area contributed by atoms with Crippen LogP contribution >= 0.6 is 23.2 Å². The zero-order valence-electron chi connectivity index (χ0n) is 9.70. The number of halogens is 4. The summed E-state index contributed by atoms with van der Waals surface area (Å²) in [6, 6.07) is 6.13. The quantitative estimate of drug-likeness (QED) is 0.917. The van der Waals surface area contributed by atoms with E-state index < -0.39 is 26.6 Å². The van der Waals surface area contributed by atoms with Gasteiger partial charge in [0.2, 0.25) is 0 Å². The Labute approximate surface area is 124 Å². The maximum absolute atomic E-state index is 13.1. The van der Waals surface area contributed by atoms with Crippen LogP contribution in [0, 0.1) is 11.6 Å². The van der Waals surface area contributed by atoms with Gasteiger partial charge in [-0.1, -0.05) is 23.2 Å². The first-order valence-electron chi connectivity index (χ1n) is 5.22. The van der Waals surface area contributed by atoms with E-state index in [9.17, 15) is 17.2 Å². The van der Waals surface area contributed by atoms with Crippen molar-refractivity contribution in [3.8, 4) is 0 Å². The van der Waals surface area contributed by atoms with E-state index in [1.807, 2.05) is 0 Å². The molecule has 2 aromatic carbocycles. The molecule has 0 aliphatic rings. The first-order chi connectivity index (χ1) is 9.28. The van der Waals surface area contributed by atoms with Crippen molar-refractivity contribution in [3.63, 3.8) is 0 Å². The monoisotopic (exact) mass is 337 g/mol. The van der Waals surface area contributed by atoms with Gasteiger partial charge in [-0.15, -0.1) is 0 Å². The third-order valence-electron chi connectivity index (χ3n) is 2.32. The molecule has 106 valence electrons. The Balaban J connectivity index is 2.43. The third kappa shape index (κ3) is 3.39. The molecule has 0 aliphatic carbocycles. The molecule has 0 amide bonds. The number of benzene rings is 2. The maximum atomic E-state index is 13.1. The Morgan fingerprint density at radius 1 is 0.950 bits per heavy atom. The van der Waals surface area contributed by atoms with Crippen LogP contribution in [-0.2, 0) is 10.0 Å². The number of rotatable bonds is 3. The van der Waals surface area contributed by atoms with Crippen LogP contribution in [0.3, 0.4) is 0 Å². The lowest BCUT2D eigenvalue weighted by Crippen LogP contribution is -2.13. The predicted octanol–water partition coefficient (Wildman–Crippen LogP) is 4.07. The molecule has 3 nitrogen and oxygen atoms in total. The Bertz CT molecular complexity index is 746.